The monoisotopic (exact) mass is 373 g/mol. The van der Waals surface area contributed by atoms with Crippen molar-refractivity contribution in [2.45, 2.75) is 22.0 Å². The molecule has 0 saturated carbocycles. The molecule has 22 heavy (non-hydrogen) atoms. The highest BCUT2D eigenvalue weighted by Gasteiger charge is 2.21. The van der Waals surface area contributed by atoms with E-state index in [0.717, 1.165) is 4.90 Å². The van der Waals surface area contributed by atoms with E-state index >= 15 is 0 Å². The summed E-state index contributed by atoms with van der Waals surface area (Å²) in [5.41, 5.74) is 1.67. The number of hydrogen-bond donors (Lipinski definition) is 1. The van der Waals surface area contributed by atoms with E-state index in [-0.39, 0.29) is 5.91 Å². The first kappa shape index (κ1) is 17.5. The van der Waals surface area contributed by atoms with Gasteiger partial charge in [0.05, 0.1) is 0 Å². The topological polar surface area (TPSA) is 29.1 Å². The first-order valence-electron chi connectivity index (χ1n) is 6.53. The molecule has 0 radical (unpaired) electrons. The lowest BCUT2D eigenvalue weighted by molar-refractivity contribution is 0.0951. The van der Waals surface area contributed by atoms with Crippen LogP contribution in [0.3, 0.4) is 0 Å². The van der Waals surface area contributed by atoms with Crippen LogP contribution in [0.1, 0.15) is 15.9 Å². The van der Waals surface area contributed by atoms with Crippen LogP contribution in [-0.2, 0) is 0 Å². The largest absolute Gasteiger partial charge is 0.337 e. The molecule has 0 aliphatic heterocycles. The van der Waals surface area contributed by atoms with Crippen LogP contribution < -0.4 is 5.32 Å². The number of alkyl halides is 2. The van der Waals surface area contributed by atoms with Crippen molar-refractivity contribution in [1.29, 1.82) is 0 Å². The molecule has 2 aromatic rings. The zero-order valence-electron chi connectivity index (χ0n) is 11.7. The number of benzene rings is 2. The van der Waals surface area contributed by atoms with Crippen molar-refractivity contribution in [3.8, 4) is 0 Å². The van der Waals surface area contributed by atoms with E-state index in [1.54, 1.807) is 24.3 Å². The Morgan fingerprint density at radius 3 is 2.18 bits per heavy atom. The number of carbonyl (C=O) groups is 1. The number of rotatable bonds is 5. The molecule has 0 aliphatic carbocycles. The molecular formula is C16H14Cl3NOS. The zero-order chi connectivity index (χ0) is 16.1. The van der Waals surface area contributed by atoms with Gasteiger partial charge in [0.1, 0.15) is 10.2 Å². The highest BCUT2D eigenvalue weighted by molar-refractivity contribution is 8.00. The van der Waals surface area contributed by atoms with E-state index in [4.69, 9.17) is 34.8 Å². The van der Waals surface area contributed by atoms with E-state index in [1.165, 1.54) is 17.3 Å². The van der Waals surface area contributed by atoms with Gasteiger partial charge in [0.25, 0.3) is 5.91 Å². The predicted octanol–water partition coefficient (Wildman–Crippen LogP) is 5.30. The first-order valence-corrected chi connectivity index (χ1v) is 8.66. The summed E-state index contributed by atoms with van der Waals surface area (Å²) >= 11 is 19.2. The van der Waals surface area contributed by atoms with Gasteiger partial charge in [-0.15, -0.1) is 23.2 Å². The van der Waals surface area contributed by atoms with Crippen molar-refractivity contribution < 1.29 is 4.79 Å². The number of nitrogens with one attached hydrogen (secondary N) is 1. The van der Waals surface area contributed by atoms with E-state index in [2.05, 4.69) is 5.32 Å². The fraction of sp³-hybridized carbons (Fsp3) is 0.188. The van der Waals surface area contributed by atoms with Crippen LogP contribution >= 0.6 is 46.6 Å². The van der Waals surface area contributed by atoms with Gasteiger partial charge >= 0.3 is 0 Å². The van der Waals surface area contributed by atoms with Crippen LogP contribution in [0.5, 0.6) is 0 Å². The molecule has 1 atom stereocenters. The van der Waals surface area contributed by atoms with Crippen LogP contribution in [0.25, 0.3) is 0 Å². The Labute approximate surface area is 149 Å². The summed E-state index contributed by atoms with van der Waals surface area (Å²) in [5.74, 6) is -0.243. The molecule has 0 aromatic heterocycles. The molecular weight excluding hydrogens is 361 g/mol. The molecule has 2 aromatic carbocycles. The van der Waals surface area contributed by atoms with Crippen LogP contribution in [0.4, 0.5) is 0 Å². The van der Waals surface area contributed by atoms with Crippen molar-refractivity contribution >= 4 is 52.5 Å². The molecule has 116 valence electrons. The standard InChI is InChI=1S/C16H14Cl3NOS/c1-10-2-8-13(9-3-10)22-16(14(18)19)20-15(21)11-4-6-12(17)7-5-11/h2-9,14,16H,1H3,(H,20,21)/t16-/m1/s1. The lowest BCUT2D eigenvalue weighted by Gasteiger charge is -2.19. The van der Waals surface area contributed by atoms with Gasteiger partial charge in [0.15, 0.2) is 0 Å². The SMILES string of the molecule is Cc1ccc(S[C@@H](NC(=O)c2ccc(Cl)cc2)C(Cl)Cl)cc1. The molecule has 0 heterocycles. The van der Waals surface area contributed by atoms with Crippen molar-refractivity contribution in [2.75, 3.05) is 0 Å². The Morgan fingerprint density at radius 2 is 1.64 bits per heavy atom. The predicted molar refractivity (Wildman–Crippen MR) is 95.2 cm³/mol. The molecule has 1 amide bonds. The molecule has 0 unspecified atom stereocenters. The van der Waals surface area contributed by atoms with Gasteiger partial charge in [-0.3, -0.25) is 4.79 Å². The molecule has 1 N–H and O–H groups in total. The molecule has 0 aliphatic rings. The Kier molecular flexibility index (Phi) is 6.45. The third kappa shape index (κ3) is 5.10. The summed E-state index contributed by atoms with van der Waals surface area (Å²) in [4.78, 5) is 12.5. The van der Waals surface area contributed by atoms with Gasteiger partial charge in [-0.05, 0) is 43.3 Å². The van der Waals surface area contributed by atoms with Gasteiger partial charge in [-0.2, -0.15) is 0 Å². The minimum absolute atomic E-state index is 0.243. The van der Waals surface area contributed by atoms with Crippen LogP contribution in [0.2, 0.25) is 5.02 Å². The normalized spacial score (nSPS) is 12.2. The average Bonchev–Trinajstić information content (AvgIpc) is 2.49. The van der Waals surface area contributed by atoms with E-state index in [1.807, 2.05) is 31.2 Å². The number of aryl methyl sites for hydroxylation is 1. The van der Waals surface area contributed by atoms with E-state index < -0.39 is 10.2 Å². The smallest absolute Gasteiger partial charge is 0.252 e. The molecule has 0 spiro atoms. The maximum Gasteiger partial charge on any atom is 0.252 e. The Morgan fingerprint density at radius 1 is 1.05 bits per heavy atom. The second-order valence-corrected chi connectivity index (χ2v) is 7.48. The summed E-state index contributed by atoms with van der Waals surface area (Å²) in [5, 5.41) is 2.96. The van der Waals surface area contributed by atoms with E-state index in [9.17, 15) is 4.79 Å². The molecule has 6 heteroatoms. The van der Waals surface area contributed by atoms with Gasteiger partial charge in [-0.25, -0.2) is 0 Å². The fourth-order valence-electron chi connectivity index (χ4n) is 1.72. The fourth-order valence-corrected chi connectivity index (χ4v) is 3.14. The third-order valence-electron chi connectivity index (χ3n) is 2.89. The van der Waals surface area contributed by atoms with Gasteiger partial charge in [0, 0.05) is 15.5 Å². The van der Waals surface area contributed by atoms with Gasteiger partial charge < -0.3 is 5.32 Å². The van der Waals surface area contributed by atoms with Crippen LogP contribution in [0.15, 0.2) is 53.4 Å². The molecule has 0 fully saturated rings. The number of halogens is 3. The van der Waals surface area contributed by atoms with Crippen molar-refractivity contribution in [2.24, 2.45) is 0 Å². The molecule has 2 rings (SSSR count). The maximum absolute atomic E-state index is 12.2. The second kappa shape index (κ2) is 8.11. The van der Waals surface area contributed by atoms with Gasteiger partial charge in [0.2, 0.25) is 0 Å². The summed E-state index contributed by atoms with van der Waals surface area (Å²) in [6, 6.07) is 14.6. The summed E-state index contributed by atoms with van der Waals surface area (Å²) in [6.07, 6.45) is 0. The summed E-state index contributed by atoms with van der Waals surface area (Å²) < 4.78 is 0. The Balaban J connectivity index is 2.06. The highest BCUT2D eigenvalue weighted by atomic mass is 35.5. The van der Waals surface area contributed by atoms with Crippen molar-refractivity contribution in [1.82, 2.24) is 5.32 Å². The minimum atomic E-state index is -0.734. The summed E-state index contributed by atoms with van der Waals surface area (Å²) in [6.45, 7) is 2.01. The van der Waals surface area contributed by atoms with Crippen molar-refractivity contribution in [3.05, 3.63) is 64.7 Å². The first-order chi connectivity index (χ1) is 10.5. The quantitative estimate of drug-likeness (QED) is 0.437. The molecule has 0 saturated heterocycles. The molecule has 0 bridgehead atoms. The zero-order valence-corrected chi connectivity index (χ0v) is 14.8. The van der Waals surface area contributed by atoms with Crippen LogP contribution in [0, 0.1) is 6.92 Å². The molecule has 2 nitrogen and oxygen atoms in total. The lowest BCUT2D eigenvalue weighted by atomic mass is 10.2. The minimum Gasteiger partial charge on any atom is -0.337 e. The van der Waals surface area contributed by atoms with Crippen molar-refractivity contribution in [3.63, 3.8) is 0 Å². The maximum atomic E-state index is 12.2. The highest BCUT2D eigenvalue weighted by Crippen LogP contribution is 2.28. The Hall–Kier alpha value is -0.870. The average molecular weight is 375 g/mol. The number of carbonyl (C=O) groups excluding carboxylic acids is 1. The second-order valence-electron chi connectivity index (χ2n) is 4.67. The van der Waals surface area contributed by atoms with Crippen LogP contribution in [-0.4, -0.2) is 16.1 Å². The Bertz CT molecular complexity index is 629. The van der Waals surface area contributed by atoms with Gasteiger partial charge in [-0.1, -0.05) is 41.1 Å². The number of amides is 1. The summed E-state index contributed by atoms with van der Waals surface area (Å²) in [7, 11) is 0. The van der Waals surface area contributed by atoms with E-state index in [0.29, 0.717) is 10.6 Å². The third-order valence-corrected chi connectivity index (χ3v) is 5.14. The number of hydrogen-bond acceptors (Lipinski definition) is 2. The number of thioether (sulfide) groups is 1. The lowest BCUT2D eigenvalue weighted by Crippen LogP contribution is -2.36.